The Balaban J connectivity index is 2.08. The highest BCUT2D eigenvalue weighted by molar-refractivity contribution is 5.94. The largest absolute Gasteiger partial charge is 0.478 e. The number of aliphatic hydroxyl groups excluding tert-OH is 1. The van der Waals surface area contributed by atoms with Gasteiger partial charge in [-0.25, -0.2) is 14.3 Å². The van der Waals surface area contributed by atoms with Crippen molar-refractivity contribution in [2.45, 2.75) is 13.5 Å². The standard InChI is InChI=1S/C15H14N4O3/c1-9-12(15(21)22)6-19-13(9)14(16-8-17-19)18-11-4-2-3-10(5-11)7-20/h2-6,8,20H,7H2,1H3,(H,21,22)(H,16,17,18). The number of aliphatic hydroxyl groups is 1. The Morgan fingerprint density at radius 3 is 2.95 bits per heavy atom. The summed E-state index contributed by atoms with van der Waals surface area (Å²) in [4.78, 5) is 15.4. The molecule has 0 atom stereocenters. The summed E-state index contributed by atoms with van der Waals surface area (Å²) in [6.45, 7) is 1.67. The Hall–Kier alpha value is -2.93. The molecule has 0 radical (unpaired) electrons. The van der Waals surface area contributed by atoms with Crippen molar-refractivity contribution >= 4 is 23.0 Å². The van der Waals surface area contributed by atoms with Gasteiger partial charge in [0.15, 0.2) is 5.82 Å². The molecule has 0 amide bonds. The summed E-state index contributed by atoms with van der Waals surface area (Å²) < 4.78 is 1.49. The van der Waals surface area contributed by atoms with Crippen LogP contribution < -0.4 is 5.32 Å². The Morgan fingerprint density at radius 1 is 1.41 bits per heavy atom. The zero-order valence-electron chi connectivity index (χ0n) is 11.8. The number of fused-ring (bicyclic) bond motifs is 1. The van der Waals surface area contributed by atoms with Gasteiger partial charge >= 0.3 is 5.97 Å². The predicted octanol–water partition coefficient (Wildman–Crippen LogP) is 1.97. The fraction of sp³-hybridized carbons (Fsp3) is 0.133. The summed E-state index contributed by atoms with van der Waals surface area (Å²) in [5.74, 6) is -0.494. The molecule has 3 rings (SSSR count). The number of benzene rings is 1. The van der Waals surface area contributed by atoms with Crippen molar-refractivity contribution in [2.75, 3.05) is 5.32 Å². The number of nitrogens with one attached hydrogen (secondary N) is 1. The van der Waals surface area contributed by atoms with Crippen molar-refractivity contribution in [3.8, 4) is 0 Å². The quantitative estimate of drug-likeness (QED) is 0.681. The number of carbonyl (C=O) groups is 1. The summed E-state index contributed by atoms with van der Waals surface area (Å²) in [5, 5.41) is 25.6. The maximum atomic E-state index is 11.2. The van der Waals surface area contributed by atoms with E-state index in [9.17, 15) is 15.0 Å². The second-order valence-corrected chi connectivity index (χ2v) is 4.86. The van der Waals surface area contributed by atoms with E-state index < -0.39 is 5.97 Å². The number of rotatable bonds is 4. The van der Waals surface area contributed by atoms with E-state index in [-0.39, 0.29) is 12.2 Å². The van der Waals surface area contributed by atoms with Crippen LogP contribution in [-0.2, 0) is 6.61 Å². The van der Waals surface area contributed by atoms with E-state index >= 15 is 0 Å². The molecule has 3 N–H and O–H groups in total. The average molecular weight is 298 g/mol. The number of anilines is 2. The van der Waals surface area contributed by atoms with Gasteiger partial charge in [-0.15, -0.1) is 0 Å². The fourth-order valence-electron chi connectivity index (χ4n) is 2.35. The van der Waals surface area contributed by atoms with Gasteiger partial charge < -0.3 is 15.5 Å². The lowest BCUT2D eigenvalue weighted by molar-refractivity contribution is 0.0696. The molecule has 1 aromatic carbocycles. The number of aromatic nitrogens is 3. The zero-order chi connectivity index (χ0) is 15.7. The summed E-state index contributed by atoms with van der Waals surface area (Å²) in [6.07, 6.45) is 2.82. The van der Waals surface area contributed by atoms with Crippen LogP contribution in [0.4, 0.5) is 11.5 Å². The highest BCUT2D eigenvalue weighted by atomic mass is 16.4. The predicted molar refractivity (Wildman–Crippen MR) is 80.3 cm³/mol. The first kappa shape index (κ1) is 14.0. The van der Waals surface area contributed by atoms with E-state index in [4.69, 9.17) is 0 Å². The van der Waals surface area contributed by atoms with E-state index in [1.807, 2.05) is 18.2 Å². The van der Waals surface area contributed by atoms with Gasteiger partial charge in [0.25, 0.3) is 0 Å². The molecule has 2 aromatic heterocycles. The van der Waals surface area contributed by atoms with Crippen molar-refractivity contribution in [3.63, 3.8) is 0 Å². The van der Waals surface area contributed by atoms with Gasteiger partial charge in [-0.3, -0.25) is 0 Å². The van der Waals surface area contributed by atoms with Crippen LogP contribution in [0.1, 0.15) is 21.5 Å². The lowest BCUT2D eigenvalue weighted by Crippen LogP contribution is -2.00. The number of aromatic carboxylic acids is 1. The minimum Gasteiger partial charge on any atom is -0.478 e. The zero-order valence-corrected chi connectivity index (χ0v) is 11.8. The summed E-state index contributed by atoms with van der Waals surface area (Å²) in [5.41, 5.74) is 2.91. The highest BCUT2D eigenvalue weighted by Gasteiger charge is 2.17. The second-order valence-electron chi connectivity index (χ2n) is 4.86. The topological polar surface area (TPSA) is 99.8 Å². The van der Waals surface area contributed by atoms with E-state index in [0.29, 0.717) is 16.9 Å². The molecule has 3 aromatic rings. The smallest absolute Gasteiger partial charge is 0.337 e. The van der Waals surface area contributed by atoms with Crippen LogP contribution in [-0.4, -0.2) is 30.8 Å². The molecule has 0 aliphatic rings. The van der Waals surface area contributed by atoms with E-state index in [1.54, 1.807) is 13.0 Å². The lowest BCUT2D eigenvalue weighted by atomic mass is 10.2. The van der Waals surface area contributed by atoms with Crippen molar-refractivity contribution in [3.05, 3.63) is 53.5 Å². The van der Waals surface area contributed by atoms with E-state index in [0.717, 1.165) is 11.3 Å². The fourth-order valence-corrected chi connectivity index (χ4v) is 2.35. The minimum absolute atomic E-state index is 0.0535. The molecule has 0 aliphatic carbocycles. The summed E-state index contributed by atoms with van der Waals surface area (Å²) in [7, 11) is 0. The van der Waals surface area contributed by atoms with E-state index in [1.165, 1.54) is 17.0 Å². The molecule has 0 fully saturated rings. The van der Waals surface area contributed by atoms with Gasteiger partial charge in [0.2, 0.25) is 0 Å². The SMILES string of the molecule is Cc1c(C(=O)O)cn2ncnc(Nc3cccc(CO)c3)c12. The maximum absolute atomic E-state index is 11.2. The lowest BCUT2D eigenvalue weighted by Gasteiger charge is -2.08. The van der Waals surface area contributed by atoms with Gasteiger partial charge in [-0.1, -0.05) is 12.1 Å². The van der Waals surface area contributed by atoms with E-state index in [2.05, 4.69) is 15.4 Å². The number of carboxylic acid groups (broad SMARTS) is 1. The molecular formula is C15H14N4O3. The minimum atomic E-state index is -1.00. The number of carboxylic acids is 1. The molecule has 0 bridgehead atoms. The Labute approximate surface area is 125 Å². The molecule has 0 saturated carbocycles. The third kappa shape index (κ3) is 2.38. The Kier molecular flexibility index (Phi) is 3.48. The molecular weight excluding hydrogens is 284 g/mol. The molecule has 0 saturated heterocycles. The maximum Gasteiger partial charge on any atom is 0.337 e. The van der Waals surface area contributed by atoms with Crippen LogP contribution in [0, 0.1) is 6.92 Å². The van der Waals surface area contributed by atoms with Gasteiger partial charge in [-0.2, -0.15) is 5.10 Å². The van der Waals surface area contributed by atoms with Crippen LogP contribution in [0.25, 0.3) is 5.52 Å². The number of nitrogens with zero attached hydrogens (tertiary/aromatic N) is 3. The number of aryl methyl sites for hydroxylation is 1. The number of hydrogen-bond donors (Lipinski definition) is 3. The molecule has 112 valence electrons. The monoisotopic (exact) mass is 298 g/mol. The first-order valence-corrected chi connectivity index (χ1v) is 6.63. The number of hydrogen-bond acceptors (Lipinski definition) is 5. The van der Waals surface area contributed by atoms with Gasteiger partial charge in [0.05, 0.1) is 12.2 Å². The molecule has 0 aliphatic heterocycles. The van der Waals surface area contributed by atoms with Crippen LogP contribution in [0.15, 0.2) is 36.8 Å². The second kappa shape index (κ2) is 5.45. The molecule has 2 heterocycles. The van der Waals surface area contributed by atoms with Crippen molar-refractivity contribution in [1.29, 1.82) is 0 Å². The first-order valence-electron chi connectivity index (χ1n) is 6.63. The summed E-state index contributed by atoms with van der Waals surface area (Å²) in [6, 6.07) is 7.27. The van der Waals surface area contributed by atoms with Crippen LogP contribution >= 0.6 is 0 Å². The molecule has 22 heavy (non-hydrogen) atoms. The average Bonchev–Trinajstić information content (AvgIpc) is 2.86. The highest BCUT2D eigenvalue weighted by Crippen LogP contribution is 2.25. The van der Waals surface area contributed by atoms with Crippen molar-refractivity contribution in [1.82, 2.24) is 14.6 Å². The third-order valence-corrected chi connectivity index (χ3v) is 3.43. The first-order chi connectivity index (χ1) is 10.6. The van der Waals surface area contributed by atoms with Gasteiger partial charge in [-0.05, 0) is 30.2 Å². The molecule has 0 spiro atoms. The Bertz CT molecular complexity index is 857. The van der Waals surface area contributed by atoms with Gasteiger partial charge in [0.1, 0.15) is 11.8 Å². The third-order valence-electron chi connectivity index (χ3n) is 3.43. The normalized spacial score (nSPS) is 10.8. The van der Waals surface area contributed by atoms with Gasteiger partial charge in [0, 0.05) is 11.9 Å². The Morgan fingerprint density at radius 2 is 2.23 bits per heavy atom. The van der Waals surface area contributed by atoms with Crippen molar-refractivity contribution in [2.24, 2.45) is 0 Å². The van der Waals surface area contributed by atoms with Crippen molar-refractivity contribution < 1.29 is 15.0 Å². The molecule has 0 unspecified atom stereocenters. The van der Waals surface area contributed by atoms with Crippen LogP contribution in [0.2, 0.25) is 0 Å². The summed E-state index contributed by atoms with van der Waals surface area (Å²) >= 11 is 0. The van der Waals surface area contributed by atoms with Crippen LogP contribution in [0.3, 0.4) is 0 Å². The molecule has 7 heteroatoms. The van der Waals surface area contributed by atoms with Crippen LogP contribution in [0.5, 0.6) is 0 Å². The molecule has 7 nitrogen and oxygen atoms in total.